The van der Waals surface area contributed by atoms with E-state index in [2.05, 4.69) is 37.5 Å². The molecule has 0 aliphatic carbocycles. The van der Waals surface area contributed by atoms with Gasteiger partial charge >= 0.3 is 0 Å². The number of H-pyrrole nitrogens is 1. The van der Waals surface area contributed by atoms with Crippen molar-refractivity contribution in [2.75, 3.05) is 11.9 Å². The Hall–Kier alpha value is -0.400. The molecule has 0 aliphatic rings. The van der Waals surface area contributed by atoms with Crippen LogP contribution in [0.15, 0.2) is 17.6 Å². The average molecular weight is 324 g/mol. The number of nitrogens with zero attached hydrogens (tertiary/aromatic N) is 1. The Morgan fingerprint density at radius 1 is 1.53 bits per heavy atom. The van der Waals surface area contributed by atoms with Gasteiger partial charge in [0.2, 0.25) is 0 Å². The van der Waals surface area contributed by atoms with Crippen LogP contribution >= 0.6 is 15.9 Å². The second-order valence-electron chi connectivity index (χ2n) is 3.90. The topological polar surface area (TPSA) is 74.8 Å². The van der Waals surface area contributed by atoms with Crippen molar-refractivity contribution in [3.8, 4) is 0 Å². The van der Waals surface area contributed by atoms with E-state index in [0.717, 1.165) is 24.6 Å². The Kier molecular flexibility index (Phi) is 6.15. The first-order valence-corrected chi connectivity index (χ1v) is 8.24. The highest BCUT2D eigenvalue weighted by molar-refractivity contribution is 9.09. The van der Waals surface area contributed by atoms with E-state index < -0.39 is 10.0 Å². The minimum absolute atomic E-state index is 0.117. The summed E-state index contributed by atoms with van der Waals surface area (Å²) in [5.41, 5.74) is 0. The van der Waals surface area contributed by atoms with E-state index in [4.69, 9.17) is 0 Å². The van der Waals surface area contributed by atoms with Gasteiger partial charge < -0.3 is 4.98 Å². The van der Waals surface area contributed by atoms with E-state index in [1.54, 1.807) is 0 Å². The van der Waals surface area contributed by atoms with Crippen LogP contribution in [0.2, 0.25) is 0 Å². The highest BCUT2D eigenvalue weighted by Gasteiger charge is 2.17. The number of aromatic amines is 1. The summed E-state index contributed by atoms with van der Waals surface area (Å²) in [6, 6.07) is 0. The molecule has 0 radical (unpaired) electrons. The first-order chi connectivity index (χ1) is 8.10. The summed E-state index contributed by atoms with van der Waals surface area (Å²) in [7, 11) is -3.43. The van der Waals surface area contributed by atoms with Crippen molar-refractivity contribution in [1.82, 2.24) is 14.7 Å². The zero-order valence-corrected chi connectivity index (χ0v) is 12.2. The van der Waals surface area contributed by atoms with Crippen molar-refractivity contribution in [3.63, 3.8) is 0 Å². The van der Waals surface area contributed by atoms with Crippen LogP contribution in [0.1, 0.15) is 26.2 Å². The summed E-state index contributed by atoms with van der Waals surface area (Å²) >= 11 is 3.39. The van der Waals surface area contributed by atoms with Gasteiger partial charge in [0.15, 0.2) is 5.03 Å². The number of hydrogen-bond acceptors (Lipinski definition) is 3. The molecule has 1 aromatic rings. The van der Waals surface area contributed by atoms with Crippen LogP contribution in [-0.4, -0.2) is 30.3 Å². The molecule has 17 heavy (non-hydrogen) atoms. The zero-order valence-electron chi connectivity index (χ0n) is 9.82. The summed E-state index contributed by atoms with van der Waals surface area (Å²) < 4.78 is 26.2. The molecule has 0 fully saturated rings. The van der Waals surface area contributed by atoms with Gasteiger partial charge in [-0.25, -0.2) is 18.1 Å². The van der Waals surface area contributed by atoms with Gasteiger partial charge in [0.25, 0.3) is 10.0 Å². The van der Waals surface area contributed by atoms with Gasteiger partial charge in [-0.3, -0.25) is 0 Å². The normalized spacial score (nSPS) is 13.8. The number of hydrogen-bond donors (Lipinski definition) is 2. The Balaban J connectivity index is 2.53. The molecule has 1 aromatic heterocycles. The zero-order chi connectivity index (χ0) is 12.7. The van der Waals surface area contributed by atoms with Crippen LogP contribution in [0.4, 0.5) is 0 Å². The highest BCUT2D eigenvalue weighted by Crippen LogP contribution is 2.13. The van der Waals surface area contributed by atoms with Gasteiger partial charge in [-0.1, -0.05) is 29.3 Å². The van der Waals surface area contributed by atoms with E-state index in [-0.39, 0.29) is 5.03 Å². The second kappa shape index (κ2) is 7.13. The Morgan fingerprint density at radius 2 is 2.29 bits per heavy atom. The molecule has 0 spiro atoms. The van der Waals surface area contributed by atoms with Crippen molar-refractivity contribution < 1.29 is 8.42 Å². The van der Waals surface area contributed by atoms with Crippen molar-refractivity contribution in [2.24, 2.45) is 5.92 Å². The van der Waals surface area contributed by atoms with Crippen LogP contribution in [0, 0.1) is 5.92 Å². The SMILES string of the molecule is CCCC(CCBr)CNS(=O)(=O)c1cnc[nH]1. The lowest BCUT2D eigenvalue weighted by atomic mass is 10.0. The fourth-order valence-corrected chi connectivity index (χ4v) is 3.27. The molecule has 0 bridgehead atoms. The quantitative estimate of drug-likeness (QED) is 0.717. The van der Waals surface area contributed by atoms with E-state index in [0.29, 0.717) is 12.5 Å². The number of halogens is 1. The molecular formula is C10H18BrN3O2S. The molecule has 1 atom stereocenters. The van der Waals surface area contributed by atoms with E-state index in [1.807, 2.05) is 0 Å². The third-order valence-corrected chi connectivity index (χ3v) is 4.35. The second-order valence-corrected chi connectivity index (χ2v) is 6.43. The maximum Gasteiger partial charge on any atom is 0.257 e. The van der Waals surface area contributed by atoms with Gasteiger partial charge in [-0.05, 0) is 18.8 Å². The smallest absolute Gasteiger partial charge is 0.257 e. The first-order valence-electron chi connectivity index (χ1n) is 5.64. The summed E-state index contributed by atoms with van der Waals surface area (Å²) in [6.45, 7) is 2.57. The molecular weight excluding hydrogens is 306 g/mol. The summed E-state index contributed by atoms with van der Waals surface area (Å²) in [5.74, 6) is 0.372. The molecule has 0 aliphatic heterocycles. The van der Waals surface area contributed by atoms with Gasteiger partial charge in [0.05, 0.1) is 12.5 Å². The summed E-state index contributed by atoms with van der Waals surface area (Å²) in [6.07, 6.45) is 5.72. The maximum absolute atomic E-state index is 11.8. The van der Waals surface area contributed by atoms with Crippen molar-refractivity contribution in [2.45, 2.75) is 31.2 Å². The van der Waals surface area contributed by atoms with Crippen LogP contribution in [-0.2, 0) is 10.0 Å². The molecule has 98 valence electrons. The van der Waals surface area contributed by atoms with Crippen molar-refractivity contribution >= 4 is 26.0 Å². The number of alkyl halides is 1. The molecule has 0 saturated heterocycles. The van der Waals surface area contributed by atoms with Gasteiger partial charge in [0, 0.05) is 11.9 Å². The van der Waals surface area contributed by atoms with Crippen molar-refractivity contribution in [1.29, 1.82) is 0 Å². The Bertz CT molecular complexity index is 399. The highest BCUT2D eigenvalue weighted by atomic mass is 79.9. The van der Waals surface area contributed by atoms with Crippen LogP contribution < -0.4 is 4.72 Å². The minimum Gasteiger partial charge on any atom is -0.335 e. The lowest BCUT2D eigenvalue weighted by Crippen LogP contribution is -2.29. The average Bonchev–Trinajstić information content (AvgIpc) is 2.81. The van der Waals surface area contributed by atoms with Gasteiger partial charge in [0.1, 0.15) is 0 Å². The van der Waals surface area contributed by atoms with Crippen LogP contribution in [0.25, 0.3) is 0 Å². The lowest BCUT2D eigenvalue weighted by molar-refractivity contribution is 0.458. The third-order valence-electron chi connectivity index (χ3n) is 2.54. The molecule has 2 N–H and O–H groups in total. The predicted octanol–water partition coefficient (Wildman–Crippen LogP) is 1.89. The largest absolute Gasteiger partial charge is 0.335 e. The van der Waals surface area contributed by atoms with Crippen LogP contribution in [0.3, 0.4) is 0 Å². The summed E-state index contributed by atoms with van der Waals surface area (Å²) in [5, 5.41) is 1.01. The maximum atomic E-state index is 11.8. The molecule has 7 heteroatoms. The standard InChI is InChI=1S/C10H18BrN3O2S/c1-2-3-9(4-5-11)6-14-17(15,16)10-7-12-8-13-10/h7-9,14H,2-6H2,1H3,(H,12,13). The monoisotopic (exact) mass is 323 g/mol. The predicted molar refractivity (Wildman–Crippen MR) is 70.6 cm³/mol. The van der Waals surface area contributed by atoms with E-state index in [1.165, 1.54) is 12.5 Å². The van der Waals surface area contributed by atoms with Crippen molar-refractivity contribution in [3.05, 3.63) is 12.5 Å². The number of rotatable bonds is 8. The molecule has 1 rings (SSSR count). The Morgan fingerprint density at radius 3 is 2.82 bits per heavy atom. The third kappa shape index (κ3) is 4.77. The Labute approximate surface area is 111 Å². The molecule has 1 heterocycles. The van der Waals surface area contributed by atoms with Gasteiger partial charge in [-0.2, -0.15) is 0 Å². The van der Waals surface area contributed by atoms with E-state index in [9.17, 15) is 8.42 Å². The minimum atomic E-state index is -3.43. The molecule has 0 amide bonds. The molecule has 0 saturated carbocycles. The fraction of sp³-hybridized carbons (Fsp3) is 0.700. The van der Waals surface area contributed by atoms with Crippen LogP contribution in [0.5, 0.6) is 0 Å². The number of sulfonamides is 1. The lowest BCUT2D eigenvalue weighted by Gasteiger charge is -2.15. The first kappa shape index (κ1) is 14.7. The van der Waals surface area contributed by atoms with Gasteiger partial charge in [-0.15, -0.1) is 0 Å². The van der Waals surface area contributed by atoms with E-state index >= 15 is 0 Å². The number of aromatic nitrogens is 2. The number of nitrogens with one attached hydrogen (secondary N) is 2. The summed E-state index contributed by atoms with van der Waals surface area (Å²) in [4.78, 5) is 6.30. The number of imidazole rings is 1. The molecule has 1 unspecified atom stereocenters. The molecule has 0 aromatic carbocycles. The fourth-order valence-electron chi connectivity index (χ4n) is 1.61. The molecule has 5 nitrogen and oxygen atoms in total.